The zero-order valence-electron chi connectivity index (χ0n) is 12.5. The highest BCUT2D eigenvalue weighted by molar-refractivity contribution is 6.02. The third-order valence-electron chi connectivity index (χ3n) is 3.03. The highest BCUT2D eigenvalue weighted by Gasteiger charge is 2.13. The van der Waals surface area contributed by atoms with Crippen LogP contribution < -0.4 is 0 Å². The first-order chi connectivity index (χ1) is 10.0. The number of hydrogen-bond donors (Lipinski definition) is 0. The predicted octanol–water partition coefficient (Wildman–Crippen LogP) is 3.27. The van der Waals surface area contributed by atoms with Crippen LogP contribution in [0.2, 0.25) is 0 Å². The molecule has 1 atom stereocenters. The van der Waals surface area contributed by atoms with Crippen molar-refractivity contribution in [1.82, 2.24) is 15.2 Å². The highest BCUT2D eigenvalue weighted by atomic mass is 19.1. The van der Waals surface area contributed by atoms with Crippen molar-refractivity contribution in [2.45, 2.75) is 26.9 Å². The first-order valence-corrected chi connectivity index (χ1v) is 6.58. The Morgan fingerprint density at radius 3 is 2.81 bits per heavy atom. The molecule has 0 saturated carbocycles. The molecular weight excluding hydrogens is 271 g/mol. The van der Waals surface area contributed by atoms with Gasteiger partial charge in [-0.3, -0.25) is 9.98 Å². The average Bonchev–Trinajstić information content (AvgIpc) is 2.94. The molecule has 2 aromatic rings. The lowest BCUT2D eigenvalue weighted by Gasteiger charge is -2.02. The molecule has 0 fully saturated rings. The van der Waals surface area contributed by atoms with Gasteiger partial charge in [-0.2, -0.15) is 0 Å². The number of alkyl halides is 1. The molecule has 0 bridgehead atoms. The van der Waals surface area contributed by atoms with Crippen LogP contribution in [0.3, 0.4) is 0 Å². The number of aryl methyl sites for hydroxylation is 1. The van der Waals surface area contributed by atoms with Crippen molar-refractivity contribution in [3.8, 4) is 11.5 Å². The number of allylic oxidation sites excluding steroid dienone is 2. The van der Waals surface area contributed by atoms with E-state index in [9.17, 15) is 4.39 Å². The maximum Gasteiger partial charge on any atom is 0.249 e. The Hall–Kier alpha value is -2.37. The maximum absolute atomic E-state index is 13.3. The Balaban J connectivity index is 2.32. The molecule has 2 aromatic heterocycles. The van der Waals surface area contributed by atoms with Crippen molar-refractivity contribution in [2.24, 2.45) is 4.99 Å². The fourth-order valence-electron chi connectivity index (χ4n) is 1.84. The second-order valence-electron chi connectivity index (χ2n) is 4.64. The van der Waals surface area contributed by atoms with Crippen LogP contribution in [0.15, 0.2) is 33.8 Å². The number of aliphatic imine (C=N–C) groups is 1. The second kappa shape index (κ2) is 6.39. The first kappa shape index (κ1) is 15.0. The third-order valence-corrected chi connectivity index (χ3v) is 3.03. The van der Waals surface area contributed by atoms with Gasteiger partial charge in [0.05, 0.1) is 11.3 Å². The largest absolute Gasteiger partial charge is 0.416 e. The SMILES string of the molecule is CN=C(/C=C(\C)c1nnc(-c2cccnc2C)o1)C(C)F. The van der Waals surface area contributed by atoms with Crippen molar-refractivity contribution in [1.29, 1.82) is 0 Å². The van der Waals surface area contributed by atoms with E-state index in [0.717, 1.165) is 11.3 Å². The molecule has 0 radical (unpaired) electrons. The van der Waals surface area contributed by atoms with Crippen LogP contribution in [0.5, 0.6) is 0 Å². The fourth-order valence-corrected chi connectivity index (χ4v) is 1.84. The van der Waals surface area contributed by atoms with Crippen molar-refractivity contribution in [3.05, 3.63) is 36.0 Å². The molecule has 0 aliphatic rings. The monoisotopic (exact) mass is 288 g/mol. The lowest BCUT2D eigenvalue weighted by Crippen LogP contribution is -2.08. The summed E-state index contributed by atoms with van der Waals surface area (Å²) in [5.41, 5.74) is 2.60. The summed E-state index contributed by atoms with van der Waals surface area (Å²) in [5, 5.41) is 8.01. The zero-order valence-corrected chi connectivity index (χ0v) is 12.5. The Morgan fingerprint density at radius 1 is 1.43 bits per heavy atom. The quantitative estimate of drug-likeness (QED) is 0.810. The standard InChI is InChI=1S/C15H17FN4O/c1-9(8-13(17-4)10(2)16)14-19-20-15(21-14)12-6-5-7-18-11(12)3/h5-8,10H,1-4H3/b9-8+,17-13?. The van der Waals surface area contributed by atoms with Crippen LogP contribution in [0.4, 0.5) is 4.39 Å². The number of pyridine rings is 1. The summed E-state index contributed by atoms with van der Waals surface area (Å²) in [7, 11) is 1.55. The molecule has 21 heavy (non-hydrogen) atoms. The Labute approximate surface area is 122 Å². The van der Waals surface area contributed by atoms with Gasteiger partial charge in [0.25, 0.3) is 0 Å². The van der Waals surface area contributed by atoms with E-state index < -0.39 is 6.17 Å². The molecule has 0 aliphatic heterocycles. The Bertz CT molecular complexity index is 688. The van der Waals surface area contributed by atoms with Gasteiger partial charge in [-0.25, -0.2) is 4.39 Å². The number of nitrogens with zero attached hydrogens (tertiary/aromatic N) is 4. The van der Waals surface area contributed by atoms with Gasteiger partial charge in [-0.15, -0.1) is 10.2 Å². The van der Waals surface area contributed by atoms with Gasteiger partial charge < -0.3 is 4.42 Å². The van der Waals surface area contributed by atoms with Crippen LogP contribution in [0.1, 0.15) is 25.4 Å². The molecular formula is C15H17FN4O. The molecule has 2 heterocycles. The van der Waals surface area contributed by atoms with Crippen molar-refractivity contribution < 1.29 is 8.81 Å². The summed E-state index contributed by atoms with van der Waals surface area (Å²) in [6, 6.07) is 3.67. The summed E-state index contributed by atoms with van der Waals surface area (Å²) >= 11 is 0. The normalized spacial score (nSPS) is 14.3. The van der Waals surface area contributed by atoms with E-state index >= 15 is 0 Å². The van der Waals surface area contributed by atoms with Gasteiger partial charge in [0.15, 0.2) is 0 Å². The minimum absolute atomic E-state index is 0.338. The zero-order chi connectivity index (χ0) is 15.4. The Morgan fingerprint density at radius 2 is 2.19 bits per heavy atom. The number of aromatic nitrogens is 3. The predicted molar refractivity (Wildman–Crippen MR) is 79.8 cm³/mol. The molecule has 1 unspecified atom stereocenters. The average molecular weight is 288 g/mol. The van der Waals surface area contributed by atoms with Gasteiger partial charge in [-0.05, 0) is 39.0 Å². The summed E-state index contributed by atoms with van der Waals surface area (Å²) in [6.07, 6.45) is 2.17. The molecule has 0 spiro atoms. The van der Waals surface area contributed by atoms with Crippen molar-refractivity contribution >= 4 is 11.3 Å². The van der Waals surface area contributed by atoms with Crippen molar-refractivity contribution in [3.63, 3.8) is 0 Å². The van der Waals surface area contributed by atoms with Crippen LogP contribution in [-0.2, 0) is 0 Å². The highest BCUT2D eigenvalue weighted by Crippen LogP contribution is 2.23. The van der Waals surface area contributed by atoms with Gasteiger partial charge in [-0.1, -0.05) is 0 Å². The summed E-state index contributed by atoms with van der Waals surface area (Å²) in [5.74, 6) is 0.738. The van der Waals surface area contributed by atoms with E-state index in [0.29, 0.717) is 23.1 Å². The van der Waals surface area contributed by atoms with Crippen LogP contribution >= 0.6 is 0 Å². The van der Waals surface area contributed by atoms with E-state index in [1.54, 1.807) is 26.2 Å². The lowest BCUT2D eigenvalue weighted by molar-refractivity contribution is 0.455. The van der Waals surface area contributed by atoms with E-state index in [4.69, 9.17) is 4.42 Å². The summed E-state index contributed by atoms with van der Waals surface area (Å²) in [6.45, 7) is 5.08. The van der Waals surface area contributed by atoms with Gasteiger partial charge >= 0.3 is 0 Å². The minimum Gasteiger partial charge on any atom is -0.416 e. The smallest absolute Gasteiger partial charge is 0.249 e. The molecule has 5 nitrogen and oxygen atoms in total. The maximum atomic E-state index is 13.3. The number of rotatable bonds is 4. The molecule has 0 N–H and O–H groups in total. The fraction of sp³-hybridized carbons (Fsp3) is 0.333. The molecule has 6 heteroatoms. The minimum atomic E-state index is -1.15. The molecule has 0 aliphatic carbocycles. The van der Waals surface area contributed by atoms with E-state index in [1.807, 2.05) is 19.1 Å². The van der Waals surface area contributed by atoms with E-state index in [2.05, 4.69) is 20.2 Å². The summed E-state index contributed by atoms with van der Waals surface area (Å²) < 4.78 is 18.9. The second-order valence-corrected chi connectivity index (χ2v) is 4.64. The van der Waals surface area contributed by atoms with E-state index in [-0.39, 0.29) is 0 Å². The van der Waals surface area contributed by atoms with Crippen molar-refractivity contribution in [2.75, 3.05) is 7.05 Å². The number of hydrogen-bond acceptors (Lipinski definition) is 5. The van der Waals surface area contributed by atoms with Gasteiger partial charge in [0.2, 0.25) is 11.8 Å². The van der Waals surface area contributed by atoms with Crippen LogP contribution in [0, 0.1) is 6.92 Å². The topological polar surface area (TPSA) is 64.2 Å². The molecule has 0 amide bonds. The van der Waals surface area contributed by atoms with Gasteiger partial charge in [0, 0.05) is 24.5 Å². The van der Waals surface area contributed by atoms with Crippen LogP contribution in [-0.4, -0.2) is 34.1 Å². The lowest BCUT2D eigenvalue weighted by atomic mass is 10.1. The molecule has 110 valence electrons. The Kier molecular flexibility index (Phi) is 4.57. The van der Waals surface area contributed by atoms with Crippen LogP contribution in [0.25, 0.3) is 17.0 Å². The molecule has 2 rings (SSSR count). The molecule has 0 aromatic carbocycles. The van der Waals surface area contributed by atoms with E-state index in [1.165, 1.54) is 6.92 Å². The first-order valence-electron chi connectivity index (χ1n) is 6.58. The summed E-state index contributed by atoms with van der Waals surface area (Å²) in [4.78, 5) is 8.08. The van der Waals surface area contributed by atoms with Gasteiger partial charge in [0.1, 0.15) is 6.17 Å². The molecule has 0 saturated heterocycles. The third kappa shape index (κ3) is 3.39. The number of halogens is 1.